The minimum absolute atomic E-state index is 0.0930. The number of aryl methyl sites for hydroxylation is 1. The highest BCUT2D eigenvalue weighted by molar-refractivity contribution is 5.83. The van der Waals surface area contributed by atoms with Crippen LogP contribution in [0.15, 0.2) is 18.3 Å². The summed E-state index contributed by atoms with van der Waals surface area (Å²) in [6.45, 7) is 2.68. The van der Waals surface area contributed by atoms with Crippen molar-refractivity contribution in [2.45, 2.75) is 26.2 Å². The number of nitrogens with one attached hydrogen (secondary N) is 2. The number of anilines is 1. The van der Waals surface area contributed by atoms with Crippen LogP contribution in [0.4, 0.5) is 5.82 Å². The van der Waals surface area contributed by atoms with E-state index in [4.69, 9.17) is 5.73 Å². The number of primary amides is 1. The number of pyridine rings is 1. The molecule has 0 saturated heterocycles. The normalized spacial score (nSPS) is 9.95. The summed E-state index contributed by atoms with van der Waals surface area (Å²) in [6.07, 6.45) is 3.77. The van der Waals surface area contributed by atoms with Crippen LogP contribution in [0.2, 0.25) is 0 Å². The lowest BCUT2D eigenvalue weighted by molar-refractivity contribution is -0.124. The van der Waals surface area contributed by atoms with E-state index in [1.807, 2.05) is 19.1 Å². The molecule has 1 aromatic heterocycles. The van der Waals surface area contributed by atoms with E-state index < -0.39 is 5.91 Å². The largest absolute Gasteiger partial charge is 0.370 e. The Morgan fingerprint density at radius 2 is 2.16 bits per heavy atom. The Hall–Kier alpha value is -2.11. The van der Waals surface area contributed by atoms with Gasteiger partial charge in [0.15, 0.2) is 0 Å². The molecule has 19 heavy (non-hydrogen) atoms. The average Bonchev–Trinajstić information content (AvgIpc) is 2.36. The van der Waals surface area contributed by atoms with Gasteiger partial charge in [0.05, 0.1) is 6.54 Å². The van der Waals surface area contributed by atoms with Gasteiger partial charge in [-0.2, -0.15) is 0 Å². The molecule has 6 nitrogen and oxygen atoms in total. The second-order valence-electron chi connectivity index (χ2n) is 4.35. The van der Waals surface area contributed by atoms with E-state index in [1.165, 1.54) is 0 Å². The van der Waals surface area contributed by atoms with Gasteiger partial charge in [-0.1, -0.05) is 0 Å². The minimum atomic E-state index is -0.527. The molecule has 0 saturated carbocycles. The molecule has 0 atom stereocenters. The topological polar surface area (TPSA) is 97.1 Å². The SMILES string of the molecule is Cc1ccnc(NCCCCC(=O)NCC(N)=O)c1. The van der Waals surface area contributed by atoms with Gasteiger partial charge in [0, 0.05) is 19.2 Å². The number of rotatable bonds is 8. The number of carbonyl (C=O) groups is 2. The van der Waals surface area contributed by atoms with E-state index in [9.17, 15) is 9.59 Å². The zero-order valence-electron chi connectivity index (χ0n) is 11.1. The van der Waals surface area contributed by atoms with E-state index in [2.05, 4.69) is 15.6 Å². The molecule has 2 amide bonds. The molecule has 0 bridgehead atoms. The molecule has 104 valence electrons. The first kappa shape index (κ1) is 14.9. The molecule has 0 spiro atoms. The van der Waals surface area contributed by atoms with Crippen molar-refractivity contribution < 1.29 is 9.59 Å². The van der Waals surface area contributed by atoms with Crippen molar-refractivity contribution in [2.24, 2.45) is 5.73 Å². The van der Waals surface area contributed by atoms with Crippen LogP contribution in [0.3, 0.4) is 0 Å². The van der Waals surface area contributed by atoms with Crippen LogP contribution in [0.1, 0.15) is 24.8 Å². The molecule has 1 heterocycles. The highest BCUT2D eigenvalue weighted by atomic mass is 16.2. The van der Waals surface area contributed by atoms with E-state index in [0.717, 1.165) is 30.8 Å². The van der Waals surface area contributed by atoms with E-state index in [0.29, 0.717) is 6.42 Å². The number of nitrogens with zero attached hydrogens (tertiary/aromatic N) is 1. The Bertz CT molecular complexity index is 434. The Kier molecular flexibility index (Phi) is 6.35. The van der Waals surface area contributed by atoms with E-state index in [-0.39, 0.29) is 12.5 Å². The van der Waals surface area contributed by atoms with Crippen molar-refractivity contribution in [3.05, 3.63) is 23.9 Å². The zero-order chi connectivity index (χ0) is 14.1. The molecule has 1 aromatic rings. The van der Waals surface area contributed by atoms with Crippen LogP contribution in [0.25, 0.3) is 0 Å². The Labute approximate surface area is 112 Å². The molecule has 0 aliphatic rings. The highest BCUT2D eigenvalue weighted by Gasteiger charge is 2.02. The monoisotopic (exact) mass is 264 g/mol. The van der Waals surface area contributed by atoms with E-state index >= 15 is 0 Å². The van der Waals surface area contributed by atoms with Crippen LogP contribution in [0, 0.1) is 6.92 Å². The maximum atomic E-state index is 11.3. The second-order valence-corrected chi connectivity index (χ2v) is 4.35. The van der Waals surface area contributed by atoms with E-state index in [1.54, 1.807) is 6.20 Å². The lowest BCUT2D eigenvalue weighted by atomic mass is 10.2. The van der Waals surface area contributed by atoms with Gasteiger partial charge < -0.3 is 16.4 Å². The predicted molar refractivity (Wildman–Crippen MR) is 73.5 cm³/mol. The first-order valence-electron chi connectivity index (χ1n) is 6.29. The average molecular weight is 264 g/mol. The van der Waals surface area contributed by atoms with Crippen molar-refractivity contribution in [3.8, 4) is 0 Å². The van der Waals surface area contributed by atoms with Crippen molar-refractivity contribution in [2.75, 3.05) is 18.4 Å². The van der Waals surface area contributed by atoms with Gasteiger partial charge in [-0.3, -0.25) is 9.59 Å². The fraction of sp³-hybridized carbons (Fsp3) is 0.462. The lowest BCUT2D eigenvalue weighted by Gasteiger charge is -2.06. The van der Waals surface area contributed by atoms with Crippen LogP contribution in [-0.2, 0) is 9.59 Å². The first-order valence-corrected chi connectivity index (χ1v) is 6.29. The van der Waals surface area contributed by atoms with Crippen molar-refractivity contribution in [1.29, 1.82) is 0 Å². The summed E-state index contributed by atoms with van der Waals surface area (Å²) < 4.78 is 0. The van der Waals surface area contributed by atoms with Crippen molar-refractivity contribution in [1.82, 2.24) is 10.3 Å². The Morgan fingerprint density at radius 1 is 1.37 bits per heavy atom. The molecular weight excluding hydrogens is 244 g/mol. The van der Waals surface area contributed by atoms with Gasteiger partial charge in [0.2, 0.25) is 11.8 Å². The van der Waals surface area contributed by atoms with Crippen molar-refractivity contribution >= 4 is 17.6 Å². The van der Waals surface area contributed by atoms with Crippen LogP contribution in [-0.4, -0.2) is 29.9 Å². The number of nitrogens with two attached hydrogens (primary N) is 1. The second kappa shape index (κ2) is 8.07. The minimum Gasteiger partial charge on any atom is -0.370 e. The van der Waals surface area contributed by atoms with Gasteiger partial charge in [-0.15, -0.1) is 0 Å². The van der Waals surface area contributed by atoms with Crippen LogP contribution in [0.5, 0.6) is 0 Å². The third-order valence-corrected chi connectivity index (χ3v) is 2.51. The number of aromatic nitrogens is 1. The molecule has 0 radical (unpaired) electrons. The third-order valence-electron chi connectivity index (χ3n) is 2.51. The van der Waals surface area contributed by atoms with Gasteiger partial charge >= 0.3 is 0 Å². The highest BCUT2D eigenvalue weighted by Crippen LogP contribution is 2.05. The summed E-state index contributed by atoms with van der Waals surface area (Å²) in [6, 6.07) is 3.91. The maximum absolute atomic E-state index is 11.3. The molecule has 0 unspecified atom stereocenters. The summed E-state index contributed by atoms with van der Waals surface area (Å²) in [5.41, 5.74) is 6.08. The first-order chi connectivity index (χ1) is 9.08. The lowest BCUT2D eigenvalue weighted by Crippen LogP contribution is -2.33. The Morgan fingerprint density at radius 3 is 2.84 bits per heavy atom. The summed E-state index contributed by atoms with van der Waals surface area (Å²) >= 11 is 0. The van der Waals surface area contributed by atoms with Gasteiger partial charge in [0.25, 0.3) is 0 Å². The molecule has 0 fully saturated rings. The fourth-order valence-corrected chi connectivity index (χ4v) is 1.53. The quantitative estimate of drug-likeness (QED) is 0.598. The van der Waals surface area contributed by atoms with Gasteiger partial charge in [-0.05, 0) is 37.5 Å². The number of hydrogen-bond donors (Lipinski definition) is 3. The number of hydrogen-bond acceptors (Lipinski definition) is 4. The third kappa shape index (κ3) is 7.03. The Balaban J connectivity index is 2.08. The van der Waals surface area contributed by atoms with Gasteiger partial charge in [-0.25, -0.2) is 4.98 Å². The van der Waals surface area contributed by atoms with Gasteiger partial charge in [0.1, 0.15) is 5.82 Å². The number of unbranched alkanes of at least 4 members (excludes halogenated alkanes) is 1. The molecule has 0 aromatic carbocycles. The van der Waals surface area contributed by atoms with Crippen molar-refractivity contribution in [3.63, 3.8) is 0 Å². The molecule has 6 heteroatoms. The summed E-state index contributed by atoms with van der Waals surface area (Å²) in [5.74, 6) is 0.172. The molecule has 4 N–H and O–H groups in total. The summed E-state index contributed by atoms with van der Waals surface area (Å²) in [7, 11) is 0. The molecule has 1 rings (SSSR count). The number of carbonyl (C=O) groups excluding carboxylic acids is 2. The summed E-state index contributed by atoms with van der Waals surface area (Å²) in [4.78, 5) is 25.9. The predicted octanol–water partition coefficient (Wildman–Crippen LogP) is 0.574. The molecule has 0 aliphatic carbocycles. The maximum Gasteiger partial charge on any atom is 0.236 e. The zero-order valence-corrected chi connectivity index (χ0v) is 11.1. The van der Waals surface area contributed by atoms with Crippen LogP contribution < -0.4 is 16.4 Å². The molecule has 0 aliphatic heterocycles. The number of amides is 2. The summed E-state index contributed by atoms with van der Waals surface area (Å²) in [5, 5.41) is 5.64. The van der Waals surface area contributed by atoms with Crippen LogP contribution >= 0.6 is 0 Å². The standard InChI is InChI=1S/C13H20N4O2/c1-10-5-7-16-12(8-10)15-6-3-2-4-13(19)17-9-11(14)18/h5,7-8H,2-4,6,9H2,1H3,(H2,14,18)(H,15,16)(H,17,19). The fourth-order valence-electron chi connectivity index (χ4n) is 1.53. The smallest absolute Gasteiger partial charge is 0.236 e. The molecular formula is C13H20N4O2.